The van der Waals surface area contributed by atoms with Gasteiger partial charge < -0.3 is 10.2 Å². The van der Waals surface area contributed by atoms with Crippen molar-refractivity contribution in [1.82, 2.24) is 4.98 Å². The third-order valence-corrected chi connectivity index (χ3v) is 2.28. The SMILES string of the molecule is CC(N)c1cnc(-c2cccc(Cl)c2)o1. The first-order chi connectivity index (χ1) is 7.16. The van der Waals surface area contributed by atoms with Crippen LogP contribution in [0.2, 0.25) is 5.02 Å². The second-order valence-electron chi connectivity index (χ2n) is 3.37. The Balaban J connectivity index is 2.37. The van der Waals surface area contributed by atoms with Gasteiger partial charge in [0.15, 0.2) is 0 Å². The summed E-state index contributed by atoms with van der Waals surface area (Å²) in [5.74, 6) is 1.22. The number of oxazole rings is 1. The molecule has 0 radical (unpaired) electrons. The van der Waals surface area contributed by atoms with Crippen molar-refractivity contribution < 1.29 is 4.42 Å². The van der Waals surface area contributed by atoms with Gasteiger partial charge in [-0.2, -0.15) is 0 Å². The molecule has 1 unspecified atom stereocenters. The van der Waals surface area contributed by atoms with Gasteiger partial charge in [0, 0.05) is 10.6 Å². The molecule has 2 rings (SSSR count). The third kappa shape index (κ3) is 2.19. The molecule has 0 fully saturated rings. The largest absolute Gasteiger partial charge is 0.440 e. The predicted molar refractivity (Wildman–Crippen MR) is 59.6 cm³/mol. The van der Waals surface area contributed by atoms with E-state index in [9.17, 15) is 0 Å². The summed E-state index contributed by atoms with van der Waals surface area (Å²) in [5, 5.41) is 0.660. The first-order valence-electron chi connectivity index (χ1n) is 4.64. The number of hydrogen-bond acceptors (Lipinski definition) is 3. The Labute approximate surface area is 92.9 Å². The molecule has 1 aromatic heterocycles. The maximum atomic E-state index is 5.87. The van der Waals surface area contributed by atoms with Crippen LogP contribution in [0.15, 0.2) is 34.9 Å². The predicted octanol–water partition coefficient (Wildman–Crippen LogP) is 3.01. The molecule has 2 N–H and O–H groups in total. The number of benzene rings is 1. The minimum Gasteiger partial charge on any atom is -0.440 e. The van der Waals surface area contributed by atoms with Gasteiger partial charge in [-0.25, -0.2) is 4.98 Å². The Morgan fingerprint density at radius 3 is 2.87 bits per heavy atom. The number of nitrogens with two attached hydrogens (primary N) is 1. The van der Waals surface area contributed by atoms with Gasteiger partial charge in [-0.1, -0.05) is 17.7 Å². The summed E-state index contributed by atoms with van der Waals surface area (Å²) in [6.07, 6.45) is 1.64. The lowest BCUT2D eigenvalue weighted by molar-refractivity contribution is 0.488. The number of rotatable bonds is 2. The molecule has 4 heteroatoms. The number of aromatic nitrogens is 1. The Hall–Kier alpha value is -1.32. The van der Waals surface area contributed by atoms with E-state index in [4.69, 9.17) is 21.8 Å². The summed E-state index contributed by atoms with van der Waals surface area (Å²) in [7, 11) is 0. The fourth-order valence-corrected chi connectivity index (χ4v) is 1.44. The molecule has 78 valence electrons. The van der Waals surface area contributed by atoms with Crippen molar-refractivity contribution in [3.8, 4) is 11.5 Å². The highest BCUT2D eigenvalue weighted by atomic mass is 35.5. The average molecular weight is 223 g/mol. The van der Waals surface area contributed by atoms with E-state index in [0.717, 1.165) is 5.56 Å². The van der Waals surface area contributed by atoms with Gasteiger partial charge in [0.2, 0.25) is 5.89 Å². The van der Waals surface area contributed by atoms with Crippen molar-refractivity contribution >= 4 is 11.6 Å². The van der Waals surface area contributed by atoms with E-state index < -0.39 is 0 Å². The second-order valence-corrected chi connectivity index (χ2v) is 3.80. The zero-order valence-electron chi connectivity index (χ0n) is 8.27. The van der Waals surface area contributed by atoms with Crippen LogP contribution >= 0.6 is 11.6 Å². The van der Waals surface area contributed by atoms with Crippen molar-refractivity contribution in [2.75, 3.05) is 0 Å². The second kappa shape index (κ2) is 4.04. The summed E-state index contributed by atoms with van der Waals surface area (Å²) in [4.78, 5) is 4.14. The maximum Gasteiger partial charge on any atom is 0.226 e. The van der Waals surface area contributed by atoms with E-state index in [-0.39, 0.29) is 6.04 Å². The summed E-state index contributed by atoms with van der Waals surface area (Å²) >= 11 is 5.87. The third-order valence-electron chi connectivity index (χ3n) is 2.04. The van der Waals surface area contributed by atoms with Crippen LogP contribution in [0.5, 0.6) is 0 Å². The van der Waals surface area contributed by atoms with Crippen LogP contribution in [-0.2, 0) is 0 Å². The normalized spacial score (nSPS) is 12.7. The van der Waals surface area contributed by atoms with Gasteiger partial charge >= 0.3 is 0 Å². The van der Waals surface area contributed by atoms with E-state index in [1.807, 2.05) is 19.1 Å². The lowest BCUT2D eigenvalue weighted by Gasteiger charge is -1.98. The van der Waals surface area contributed by atoms with Gasteiger partial charge in [0.05, 0.1) is 12.2 Å². The van der Waals surface area contributed by atoms with Gasteiger partial charge in [0.25, 0.3) is 0 Å². The molecule has 0 bridgehead atoms. The summed E-state index contributed by atoms with van der Waals surface area (Å²) < 4.78 is 5.49. The molecule has 0 aliphatic carbocycles. The van der Waals surface area contributed by atoms with E-state index >= 15 is 0 Å². The van der Waals surface area contributed by atoms with E-state index in [0.29, 0.717) is 16.7 Å². The van der Waals surface area contributed by atoms with Crippen LogP contribution in [0.3, 0.4) is 0 Å². The Morgan fingerprint density at radius 2 is 2.27 bits per heavy atom. The average Bonchev–Trinajstić information content (AvgIpc) is 2.66. The standard InChI is InChI=1S/C11H11ClN2O/c1-7(13)10-6-14-11(15-10)8-3-2-4-9(12)5-8/h2-7H,13H2,1H3. The number of hydrogen-bond donors (Lipinski definition) is 1. The van der Waals surface area contributed by atoms with Crippen LogP contribution < -0.4 is 5.73 Å². The van der Waals surface area contributed by atoms with Crippen molar-refractivity contribution in [2.24, 2.45) is 5.73 Å². The van der Waals surface area contributed by atoms with Crippen molar-refractivity contribution in [3.05, 3.63) is 41.2 Å². The van der Waals surface area contributed by atoms with Crippen LogP contribution in [-0.4, -0.2) is 4.98 Å². The highest BCUT2D eigenvalue weighted by molar-refractivity contribution is 6.30. The minimum absolute atomic E-state index is 0.148. The van der Waals surface area contributed by atoms with Crippen LogP contribution in [0, 0.1) is 0 Å². The van der Waals surface area contributed by atoms with Gasteiger partial charge in [-0.15, -0.1) is 0 Å². The Bertz CT molecular complexity index is 465. The lowest BCUT2D eigenvalue weighted by Crippen LogP contribution is -2.02. The topological polar surface area (TPSA) is 52.0 Å². The molecule has 1 heterocycles. The number of halogens is 1. The molecule has 15 heavy (non-hydrogen) atoms. The van der Waals surface area contributed by atoms with E-state index in [1.165, 1.54) is 0 Å². The van der Waals surface area contributed by atoms with Gasteiger partial charge in [-0.05, 0) is 25.1 Å². The zero-order chi connectivity index (χ0) is 10.8. The quantitative estimate of drug-likeness (QED) is 0.850. The van der Waals surface area contributed by atoms with Crippen LogP contribution in [0.25, 0.3) is 11.5 Å². The molecule has 0 saturated carbocycles. The highest BCUT2D eigenvalue weighted by Gasteiger charge is 2.09. The highest BCUT2D eigenvalue weighted by Crippen LogP contribution is 2.23. The summed E-state index contributed by atoms with van der Waals surface area (Å²) in [6.45, 7) is 1.85. The van der Waals surface area contributed by atoms with Crippen molar-refractivity contribution in [3.63, 3.8) is 0 Å². The zero-order valence-corrected chi connectivity index (χ0v) is 9.03. The summed E-state index contributed by atoms with van der Waals surface area (Å²) in [6, 6.07) is 7.21. The molecule has 0 amide bonds. The number of nitrogens with zero attached hydrogens (tertiary/aromatic N) is 1. The first-order valence-corrected chi connectivity index (χ1v) is 5.02. The lowest BCUT2D eigenvalue weighted by atomic mass is 10.2. The molecule has 0 aliphatic rings. The molecule has 2 aromatic rings. The molecule has 3 nitrogen and oxygen atoms in total. The molecule has 1 aromatic carbocycles. The summed E-state index contributed by atoms with van der Waals surface area (Å²) in [5.41, 5.74) is 6.53. The van der Waals surface area contributed by atoms with Gasteiger partial charge in [-0.3, -0.25) is 0 Å². The fourth-order valence-electron chi connectivity index (χ4n) is 1.25. The fraction of sp³-hybridized carbons (Fsp3) is 0.182. The van der Waals surface area contributed by atoms with Crippen molar-refractivity contribution in [2.45, 2.75) is 13.0 Å². The Kier molecular flexibility index (Phi) is 2.75. The van der Waals surface area contributed by atoms with Crippen molar-refractivity contribution in [1.29, 1.82) is 0 Å². The molecule has 1 atom stereocenters. The molecule has 0 saturated heterocycles. The first kappa shape index (κ1) is 10.2. The van der Waals surface area contributed by atoms with Crippen LogP contribution in [0.1, 0.15) is 18.7 Å². The molecule has 0 spiro atoms. The van der Waals surface area contributed by atoms with Crippen LogP contribution in [0.4, 0.5) is 0 Å². The molecule has 0 aliphatic heterocycles. The molecular weight excluding hydrogens is 212 g/mol. The minimum atomic E-state index is -0.148. The van der Waals surface area contributed by atoms with Gasteiger partial charge in [0.1, 0.15) is 5.76 Å². The maximum absolute atomic E-state index is 5.87. The monoisotopic (exact) mass is 222 g/mol. The molecular formula is C11H11ClN2O. The smallest absolute Gasteiger partial charge is 0.226 e. The van der Waals surface area contributed by atoms with E-state index in [2.05, 4.69) is 4.98 Å². The Morgan fingerprint density at radius 1 is 1.47 bits per heavy atom. The van der Waals surface area contributed by atoms with E-state index in [1.54, 1.807) is 18.3 Å².